The van der Waals surface area contributed by atoms with E-state index >= 15 is 0 Å². The van der Waals surface area contributed by atoms with Crippen LogP contribution in [0.1, 0.15) is 17.9 Å². The monoisotopic (exact) mass is 270 g/mol. The summed E-state index contributed by atoms with van der Waals surface area (Å²) in [6, 6.07) is 5.71. The van der Waals surface area contributed by atoms with Crippen molar-refractivity contribution in [2.45, 2.75) is 12.3 Å². The first-order valence-electron chi connectivity index (χ1n) is 4.69. The maximum Gasteiger partial charge on any atom is 0.307 e. The Hall–Kier alpha value is -1.03. The van der Waals surface area contributed by atoms with Crippen LogP contribution in [0.2, 0.25) is 0 Å². The van der Waals surface area contributed by atoms with Crippen molar-refractivity contribution in [1.82, 2.24) is 0 Å². The third-order valence-electron chi connectivity index (χ3n) is 2.70. The van der Waals surface area contributed by atoms with Crippen LogP contribution >= 0.6 is 15.9 Å². The molecule has 1 aliphatic rings. The molecule has 1 aromatic rings. The van der Waals surface area contributed by atoms with E-state index in [2.05, 4.69) is 15.9 Å². The summed E-state index contributed by atoms with van der Waals surface area (Å²) in [6.07, 6.45) is 0.716. The number of hydrogen-bond donors (Lipinski definition) is 1. The van der Waals surface area contributed by atoms with Gasteiger partial charge in [0.05, 0.1) is 13.0 Å². The van der Waals surface area contributed by atoms with Crippen LogP contribution in [0.15, 0.2) is 22.7 Å². The van der Waals surface area contributed by atoms with Crippen molar-refractivity contribution in [3.05, 3.63) is 28.2 Å². The second-order valence-corrected chi connectivity index (χ2v) is 4.59. The molecule has 0 aliphatic heterocycles. The van der Waals surface area contributed by atoms with Crippen molar-refractivity contribution in [3.63, 3.8) is 0 Å². The summed E-state index contributed by atoms with van der Waals surface area (Å²) < 4.78 is 6.17. The van der Waals surface area contributed by atoms with Crippen LogP contribution < -0.4 is 4.74 Å². The van der Waals surface area contributed by atoms with Gasteiger partial charge >= 0.3 is 5.97 Å². The standard InChI is InChI=1S/C11H11BrO3/c1-15-10-4-6(12)2-3-7(10)8-5-9(8)11(13)14/h2-4,8-9H,5H2,1H3,(H,13,14). The molecule has 0 amide bonds. The number of ether oxygens (including phenoxy) is 1. The molecule has 1 fully saturated rings. The van der Waals surface area contributed by atoms with E-state index in [0.29, 0.717) is 6.42 Å². The van der Waals surface area contributed by atoms with Gasteiger partial charge in [0.2, 0.25) is 0 Å². The van der Waals surface area contributed by atoms with Gasteiger partial charge in [0.1, 0.15) is 5.75 Å². The van der Waals surface area contributed by atoms with E-state index in [4.69, 9.17) is 9.84 Å². The third kappa shape index (κ3) is 2.00. The molecule has 2 atom stereocenters. The van der Waals surface area contributed by atoms with Gasteiger partial charge < -0.3 is 9.84 Å². The average Bonchev–Trinajstić information content (AvgIpc) is 2.97. The minimum atomic E-state index is -0.718. The fraction of sp³-hybridized carbons (Fsp3) is 0.364. The van der Waals surface area contributed by atoms with Crippen molar-refractivity contribution in [2.24, 2.45) is 5.92 Å². The molecule has 0 spiro atoms. The van der Waals surface area contributed by atoms with Crippen molar-refractivity contribution in [2.75, 3.05) is 7.11 Å². The van der Waals surface area contributed by atoms with Gasteiger partial charge in [0.25, 0.3) is 0 Å². The topological polar surface area (TPSA) is 46.5 Å². The molecule has 80 valence electrons. The normalized spacial score (nSPS) is 23.6. The first-order valence-corrected chi connectivity index (χ1v) is 5.49. The Morgan fingerprint density at radius 1 is 1.60 bits per heavy atom. The van der Waals surface area contributed by atoms with E-state index in [1.165, 1.54) is 0 Å². The van der Waals surface area contributed by atoms with E-state index in [1.807, 2.05) is 18.2 Å². The van der Waals surface area contributed by atoms with Crippen molar-refractivity contribution >= 4 is 21.9 Å². The van der Waals surface area contributed by atoms with E-state index < -0.39 is 5.97 Å². The van der Waals surface area contributed by atoms with Gasteiger partial charge in [-0.15, -0.1) is 0 Å². The Bertz CT molecular complexity index is 403. The number of carboxylic acid groups (broad SMARTS) is 1. The van der Waals surface area contributed by atoms with E-state index in [9.17, 15) is 4.79 Å². The summed E-state index contributed by atoms with van der Waals surface area (Å²) in [6.45, 7) is 0. The molecule has 1 aliphatic carbocycles. The van der Waals surface area contributed by atoms with Gasteiger partial charge in [0, 0.05) is 10.4 Å². The summed E-state index contributed by atoms with van der Waals surface area (Å²) in [5.74, 6) is -0.0753. The highest BCUT2D eigenvalue weighted by Crippen LogP contribution is 2.50. The number of halogens is 1. The van der Waals surface area contributed by atoms with Crippen LogP contribution in [-0.2, 0) is 4.79 Å². The first-order chi connectivity index (χ1) is 7.13. The van der Waals surface area contributed by atoms with Crippen LogP contribution in [0, 0.1) is 5.92 Å². The molecule has 0 radical (unpaired) electrons. The molecule has 0 heterocycles. The van der Waals surface area contributed by atoms with Gasteiger partial charge in [-0.2, -0.15) is 0 Å². The minimum absolute atomic E-state index is 0.116. The third-order valence-corrected chi connectivity index (χ3v) is 3.20. The number of carboxylic acids is 1. The van der Waals surface area contributed by atoms with Crippen LogP contribution in [0.5, 0.6) is 5.75 Å². The van der Waals surface area contributed by atoms with Gasteiger partial charge in [-0.1, -0.05) is 22.0 Å². The van der Waals surface area contributed by atoms with Crippen LogP contribution in [0.25, 0.3) is 0 Å². The fourth-order valence-electron chi connectivity index (χ4n) is 1.80. The molecule has 2 rings (SSSR count). The Kier molecular flexibility index (Phi) is 2.69. The van der Waals surface area contributed by atoms with Gasteiger partial charge in [0.15, 0.2) is 0 Å². The molecular formula is C11H11BrO3. The molecule has 1 N–H and O–H groups in total. The maximum absolute atomic E-state index is 10.8. The van der Waals surface area contributed by atoms with E-state index in [0.717, 1.165) is 15.8 Å². The summed E-state index contributed by atoms with van der Waals surface area (Å²) >= 11 is 3.35. The fourth-order valence-corrected chi connectivity index (χ4v) is 2.14. The van der Waals surface area contributed by atoms with Crippen molar-refractivity contribution in [3.8, 4) is 5.75 Å². The lowest BCUT2D eigenvalue weighted by molar-refractivity contribution is -0.138. The molecule has 0 bridgehead atoms. The molecule has 2 unspecified atom stereocenters. The second-order valence-electron chi connectivity index (χ2n) is 3.67. The molecule has 0 saturated heterocycles. The lowest BCUT2D eigenvalue weighted by atomic mass is 10.1. The molecule has 15 heavy (non-hydrogen) atoms. The van der Waals surface area contributed by atoms with Crippen LogP contribution in [0.3, 0.4) is 0 Å². The Labute approximate surface area is 96.2 Å². The summed E-state index contributed by atoms with van der Waals surface area (Å²) in [7, 11) is 1.60. The minimum Gasteiger partial charge on any atom is -0.496 e. The van der Waals surface area contributed by atoms with Crippen molar-refractivity contribution in [1.29, 1.82) is 0 Å². The molecule has 1 aromatic carbocycles. The summed E-state index contributed by atoms with van der Waals surface area (Å²) in [5.41, 5.74) is 0.994. The molecule has 0 aromatic heterocycles. The first kappa shape index (κ1) is 10.5. The highest BCUT2D eigenvalue weighted by atomic mass is 79.9. The highest BCUT2D eigenvalue weighted by Gasteiger charge is 2.45. The number of rotatable bonds is 3. The van der Waals surface area contributed by atoms with Gasteiger partial charge in [-0.25, -0.2) is 0 Å². The summed E-state index contributed by atoms with van der Waals surface area (Å²) in [4.78, 5) is 10.8. The number of benzene rings is 1. The lowest BCUT2D eigenvalue weighted by Crippen LogP contribution is -2.00. The quantitative estimate of drug-likeness (QED) is 0.919. The largest absolute Gasteiger partial charge is 0.496 e. The molecule has 4 heteroatoms. The van der Waals surface area contributed by atoms with E-state index in [-0.39, 0.29) is 11.8 Å². The number of carbonyl (C=O) groups is 1. The molecule has 1 saturated carbocycles. The van der Waals surface area contributed by atoms with Crippen LogP contribution in [0.4, 0.5) is 0 Å². The Morgan fingerprint density at radius 3 is 2.87 bits per heavy atom. The summed E-state index contributed by atoms with van der Waals surface area (Å²) in [5, 5.41) is 8.85. The smallest absolute Gasteiger partial charge is 0.307 e. The lowest BCUT2D eigenvalue weighted by Gasteiger charge is -2.07. The predicted octanol–water partition coefficient (Wildman–Crippen LogP) is 2.65. The number of hydrogen-bond acceptors (Lipinski definition) is 2. The van der Waals surface area contributed by atoms with Crippen molar-refractivity contribution < 1.29 is 14.6 Å². The Balaban J connectivity index is 2.26. The Morgan fingerprint density at radius 2 is 2.33 bits per heavy atom. The van der Waals surface area contributed by atoms with Gasteiger partial charge in [-0.05, 0) is 24.1 Å². The zero-order valence-electron chi connectivity index (χ0n) is 8.24. The zero-order chi connectivity index (χ0) is 11.0. The average molecular weight is 271 g/mol. The highest BCUT2D eigenvalue weighted by molar-refractivity contribution is 9.10. The number of methoxy groups -OCH3 is 1. The maximum atomic E-state index is 10.8. The number of aliphatic carboxylic acids is 1. The zero-order valence-corrected chi connectivity index (χ0v) is 9.82. The SMILES string of the molecule is COc1cc(Br)ccc1C1CC1C(=O)O. The molecule has 3 nitrogen and oxygen atoms in total. The van der Waals surface area contributed by atoms with Gasteiger partial charge in [-0.3, -0.25) is 4.79 Å². The second kappa shape index (κ2) is 3.85. The van der Waals surface area contributed by atoms with Crippen LogP contribution in [-0.4, -0.2) is 18.2 Å². The molecular weight excluding hydrogens is 260 g/mol. The predicted molar refractivity (Wildman–Crippen MR) is 59.2 cm³/mol. The van der Waals surface area contributed by atoms with E-state index in [1.54, 1.807) is 7.11 Å².